The van der Waals surface area contributed by atoms with E-state index in [1.807, 2.05) is 71.3 Å². The molecule has 4 heteroatoms. The molecule has 0 spiro atoms. The van der Waals surface area contributed by atoms with Gasteiger partial charge in [-0.1, -0.05) is 36.4 Å². The van der Waals surface area contributed by atoms with E-state index in [4.69, 9.17) is 0 Å². The van der Waals surface area contributed by atoms with Gasteiger partial charge in [0, 0.05) is 31.3 Å². The van der Waals surface area contributed by atoms with Gasteiger partial charge in [-0.25, -0.2) is 0 Å². The van der Waals surface area contributed by atoms with Gasteiger partial charge in [0.25, 0.3) is 0 Å². The fraction of sp³-hybridized carbons (Fsp3) is 0.300. The molecule has 0 saturated heterocycles. The third-order valence-electron chi connectivity index (χ3n) is 4.58. The second kappa shape index (κ2) is 6.48. The highest BCUT2D eigenvalue weighted by molar-refractivity contribution is 5.96. The van der Waals surface area contributed by atoms with E-state index < -0.39 is 0 Å². The molecule has 0 bridgehead atoms. The van der Waals surface area contributed by atoms with Crippen LogP contribution < -0.4 is 9.80 Å². The maximum atomic E-state index is 12.4. The van der Waals surface area contributed by atoms with Crippen molar-refractivity contribution in [3.05, 3.63) is 60.2 Å². The molecule has 1 aliphatic heterocycles. The Morgan fingerprint density at radius 2 is 1.62 bits per heavy atom. The minimum Gasteiger partial charge on any atom is -0.309 e. The second-order valence-electron chi connectivity index (χ2n) is 6.27. The molecule has 2 atom stereocenters. The maximum absolute atomic E-state index is 12.4. The standard InChI is InChI=1S/C20H22N2O2/c1-14-13-20(22(16(3)24)17-9-5-4-6-10-17)18-11-7-8-12-19(18)21(14)15(2)23/h4-12,14,20H,13H2,1-3H3/t14-,20-/m0/s1. The molecule has 0 N–H and O–H groups in total. The summed E-state index contributed by atoms with van der Waals surface area (Å²) in [5, 5.41) is 0. The van der Waals surface area contributed by atoms with Crippen molar-refractivity contribution in [3.8, 4) is 0 Å². The highest BCUT2D eigenvalue weighted by atomic mass is 16.2. The van der Waals surface area contributed by atoms with Crippen molar-refractivity contribution in [2.75, 3.05) is 9.80 Å². The molecule has 0 unspecified atom stereocenters. The Hall–Kier alpha value is -2.62. The van der Waals surface area contributed by atoms with Crippen LogP contribution in [0.4, 0.5) is 11.4 Å². The number of anilines is 2. The molecule has 0 aliphatic carbocycles. The summed E-state index contributed by atoms with van der Waals surface area (Å²) >= 11 is 0. The smallest absolute Gasteiger partial charge is 0.224 e. The molecule has 24 heavy (non-hydrogen) atoms. The molecule has 0 fully saturated rings. The van der Waals surface area contributed by atoms with E-state index in [-0.39, 0.29) is 23.9 Å². The van der Waals surface area contributed by atoms with Crippen LogP contribution in [0.15, 0.2) is 54.6 Å². The van der Waals surface area contributed by atoms with Crippen LogP contribution in [0.2, 0.25) is 0 Å². The molecular weight excluding hydrogens is 300 g/mol. The summed E-state index contributed by atoms with van der Waals surface area (Å²) in [5.74, 6) is 0.0342. The van der Waals surface area contributed by atoms with E-state index >= 15 is 0 Å². The van der Waals surface area contributed by atoms with E-state index in [0.717, 1.165) is 16.9 Å². The summed E-state index contributed by atoms with van der Waals surface area (Å²) < 4.78 is 0. The molecule has 2 aromatic carbocycles. The fourth-order valence-electron chi connectivity index (χ4n) is 3.68. The van der Waals surface area contributed by atoms with Crippen molar-refractivity contribution >= 4 is 23.2 Å². The normalized spacial score (nSPS) is 19.5. The van der Waals surface area contributed by atoms with Crippen LogP contribution in [0.3, 0.4) is 0 Å². The lowest BCUT2D eigenvalue weighted by Gasteiger charge is -2.43. The zero-order valence-corrected chi connectivity index (χ0v) is 14.3. The first kappa shape index (κ1) is 16.2. The minimum atomic E-state index is -0.0771. The average Bonchev–Trinajstić information content (AvgIpc) is 2.55. The summed E-state index contributed by atoms with van der Waals surface area (Å²) in [6, 6.07) is 17.5. The van der Waals surface area contributed by atoms with Gasteiger partial charge in [-0.05, 0) is 37.1 Å². The number of nitrogens with zero attached hydrogens (tertiary/aromatic N) is 2. The number of fused-ring (bicyclic) bond motifs is 1. The molecule has 1 heterocycles. The number of carbonyl (C=O) groups excluding carboxylic acids is 2. The second-order valence-corrected chi connectivity index (χ2v) is 6.27. The molecule has 124 valence electrons. The topological polar surface area (TPSA) is 40.6 Å². The van der Waals surface area contributed by atoms with Gasteiger partial charge >= 0.3 is 0 Å². The predicted molar refractivity (Wildman–Crippen MR) is 96.0 cm³/mol. The van der Waals surface area contributed by atoms with Crippen LogP contribution in [0, 0.1) is 0 Å². The molecule has 0 radical (unpaired) electrons. The van der Waals surface area contributed by atoms with Crippen molar-refractivity contribution in [3.63, 3.8) is 0 Å². The predicted octanol–water partition coefficient (Wildman–Crippen LogP) is 3.93. The number of amides is 2. The minimum absolute atomic E-state index is 0.00415. The molecule has 0 saturated carbocycles. The van der Waals surface area contributed by atoms with Gasteiger partial charge in [0.1, 0.15) is 0 Å². The zero-order valence-electron chi connectivity index (χ0n) is 14.3. The summed E-state index contributed by atoms with van der Waals surface area (Å²) in [6.45, 7) is 5.22. The Kier molecular flexibility index (Phi) is 4.38. The van der Waals surface area contributed by atoms with E-state index in [0.29, 0.717) is 6.42 Å². The molecule has 0 aromatic heterocycles. The molecule has 3 rings (SSSR count). The number of rotatable bonds is 2. The van der Waals surface area contributed by atoms with Gasteiger partial charge in [-0.2, -0.15) is 0 Å². The van der Waals surface area contributed by atoms with E-state index in [9.17, 15) is 9.59 Å². The largest absolute Gasteiger partial charge is 0.309 e. The molecule has 4 nitrogen and oxygen atoms in total. The van der Waals surface area contributed by atoms with Crippen LogP contribution in [-0.4, -0.2) is 17.9 Å². The van der Waals surface area contributed by atoms with Crippen LogP contribution in [0.1, 0.15) is 38.8 Å². The first-order valence-electron chi connectivity index (χ1n) is 8.24. The highest BCUT2D eigenvalue weighted by Gasteiger charge is 2.36. The van der Waals surface area contributed by atoms with Crippen LogP contribution in [-0.2, 0) is 9.59 Å². The number of para-hydroxylation sites is 2. The molecular formula is C20H22N2O2. The number of hydrogen-bond acceptors (Lipinski definition) is 2. The van der Waals surface area contributed by atoms with E-state index in [1.165, 1.54) is 0 Å². The van der Waals surface area contributed by atoms with E-state index in [1.54, 1.807) is 13.8 Å². The third-order valence-corrected chi connectivity index (χ3v) is 4.58. The lowest BCUT2D eigenvalue weighted by Crippen LogP contribution is -2.46. The first-order chi connectivity index (χ1) is 11.5. The summed E-state index contributed by atoms with van der Waals surface area (Å²) in [7, 11) is 0. The first-order valence-corrected chi connectivity index (χ1v) is 8.24. The highest BCUT2D eigenvalue weighted by Crippen LogP contribution is 2.42. The Bertz CT molecular complexity index is 757. The average molecular weight is 322 g/mol. The lowest BCUT2D eigenvalue weighted by atomic mass is 9.90. The van der Waals surface area contributed by atoms with E-state index in [2.05, 4.69) is 0 Å². The van der Waals surface area contributed by atoms with Gasteiger partial charge in [0.05, 0.1) is 6.04 Å². The van der Waals surface area contributed by atoms with Gasteiger partial charge < -0.3 is 9.80 Å². The molecule has 2 aromatic rings. The summed E-state index contributed by atoms with van der Waals surface area (Å²) in [6.07, 6.45) is 0.713. The monoisotopic (exact) mass is 322 g/mol. The van der Waals surface area contributed by atoms with Gasteiger partial charge in [0.2, 0.25) is 11.8 Å². The van der Waals surface area contributed by atoms with Crippen LogP contribution >= 0.6 is 0 Å². The van der Waals surface area contributed by atoms with Crippen molar-refractivity contribution in [2.24, 2.45) is 0 Å². The van der Waals surface area contributed by atoms with Gasteiger partial charge in [-0.3, -0.25) is 9.59 Å². The Balaban J connectivity index is 2.12. The Morgan fingerprint density at radius 1 is 1.00 bits per heavy atom. The third kappa shape index (κ3) is 2.80. The van der Waals surface area contributed by atoms with Crippen molar-refractivity contribution in [1.82, 2.24) is 0 Å². The lowest BCUT2D eigenvalue weighted by molar-refractivity contribution is -0.117. The Labute approximate surface area is 142 Å². The maximum Gasteiger partial charge on any atom is 0.224 e. The van der Waals surface area contributed by atoms with Crippen molar-refractivity contribution in [1.29, 1.82) is 0 Å². The zero-order chi connectivity index (χ0) is 17.3. The van der Waals surface area contributed by atoms with Crippen molar-refractivity contribution in [2.45, 2.75) is 39.3 Å². The quantitative estimate of drug-likeness (QED) is 0.840. The number of hydrogen-bond donors (Lipinski definition) is 0. The SMILES string of the molecule is CC(=O)N1c2ccccc2[C@@H](N(C(C)=O)c2ccccc2)C[C@@H]1C. The summed E-state index contributed by atoms with van der Waals surface area (Å²) in [4.78, 5) is 28.2. The fourth-order valence-corrected chi connectivity index (χ4v) is 3.68. The van der Waals surface area contributed by atoms with Gasteiger partial charge in [-0.15, -0.1) is 0 Å². The Morgan fingerprint density at radius 3 is 2.25 bits per heavy atom. The van der Waals surface area contributed by atoms with Gasteiger partial charge in [0.15, 0.2) is 0 Å². The van der Waals surface area contributed by atoms with Crippen LogP contribution in [0.5, 0.6) is 0 Å². The van der Waals surface area contributed by atoms with Crippen LogP contribution in [0.25, 0.3) is 0 Å². The molecule has 1 aliphatic rings. The molecule has 2 amide bonds. The van der Waals surface area contributed by atoms with Crippen molar-refractivity contribution < 1.29 is 9.59 Å². The number of carbonyl (C=O) groups is 2. The number of benzene rings is 2. The summed E-state index contributed by atoms with van der Waals surface area (Å²) in [5.41, 5.74) is 2.80.